The summed E-state index contributed by atoms with van der Waals surface area (Å²) in [6.45, 7) is 9.95. The number of fused-ring (bicyclic) bond motifs is 1. The second-order valence-corrected chi connectivity index (χ2v) is 11.0. The van der Waals surface area contributed by atoms with E-state index in [2.05, 4.69) is 60.4 Å². The van der Waals surface area contributed by atoms with E-state index in [1.54, 1.807) is 17.5 Å². The number of hydrogen-bond donors (Lipinski definition) is 2. The van der Waals surface area contributed by atoms with Crippen LogP contribution < -0.4 is 10.6 Å². The number of nitrogens with zero attached hydrogens (tertiary/aromatic N) is 4. The van der Waals surface area contributed by atoms with Crippen molar-refractivity contribution in [2.45, 2.75) is 32.2 Å². The quantitative estimate of drug-likeness (QED) is 0.289. The van der Waals surface area contributed by atoms with Gasteiger partial charge in [0.2, 0.25) is 5.95 Å². The number of likely N-dealkylation sites (N-methyl/N-ethyl adjacent to an activating group) is 1. The molecule has 204 valence electrons. The third-order valence-corrected chi connectivity index (χ3v) is 8.23. The van der Waals surface area contributed by atoms with Crippen molar-refractivity contribution in [2.75, 3.05) is 51.1 Å². The molecule has 0 spiro atoms. The van der Waals surface area contributed by atoms with E-state index in [1.807, 2.05) is 12.1 Å². The summed E-state index contributed by atoms with van der Waals surface area (Å²) in [5, 5.41) is 7.47. The van der Waals surface area contributed by atoms with E-state index in [-0.39, 0.29) is 43.1 Å². The predicted octanol–water partition coefficient (Wildman–Crippen LogP) is 5.72. The molecule has 3 heterocycles. The summed E-state index contributed by atoms with van der Waals surface area (Å²) < 4.78 is 1.93. The highest BCUT2D eigenvalue weighted by Crippen LogP contribution is 2.37. The Balaban J connectivity index is 0.00000160. The SMILES string of the molecule is CCN1CCN(CCCNc2ncc(Br)c(-c3cc4c(C(=O)NC5CC5)cccc4s3)n2)CC1.Cl.Cl.Cl. The van der Waals surface area contributed by atoms with Gasteiger partial charge in [0.25, 0.3) is 5.91 Å². The number of amides is 1. The molecule has 37 heavy (non-hydrogen) atoms. The third-order valence-electron chi connectivity index (χ3n) is 6.54. The molecule has 1 aliphatic carbocycles. The minimum absolute atomic E-state index is 0. The molecule has 1 saturated carbocycles. The number of anilines is 1. The fraction of sp³-hybridized carbons (Fsp3) is 0.480. The van der Waals surface area contributed by atoms with Crippen molar-refractivity contribution in [1.82, 2.24) is 25.1 Å². The number of nitrogens with one attached hydrogen (secondary N) is 2. The Labute approximate surface area is 249 Å². The zero-order valence-electron chi connectivity index (χ0n) is 20.7. The maximum absolute atomic E-state index is 12.7. The molecular weight excluding hydrogens is 619 g/mol. The summed E-state index contributed by atoms with van der Waals surface area (Å²) in [6, 6.07) is 8.34. The minimum atomic E-state index is 0. The van der Waals surface area contributed by atoms with E-state index >= 15 is 0 Å². The van der Waals surface area contributed by atoms with Gasteiger partial charge >= 0.3 is 0 Å². The van der Waals surface area contributed by atoms with Gasteiger partial charge in [0.1, 0.15) is 5.69 Å². The van der Waals surface area contributed by atoms with Gasteiger partial charge in [-0.25, -0.2) is 9.97 Å². The van der Waals surface area contributed by atoms with Crippen molar-refractivity contribution in [3.8, 4) is 10.6 Å². The molecule has 2 N–H and O–H groups in total. The zero-order valence-corrected chi connectivity index (χ0v) is 25.6. The average molecular weight is 653 g/mol. The van der Waals surface area contributed by atoms with Crippen molar-refractivity contribution in [1.29, 1.82) is 0 Å². The van der Waals surface area contributed by atoms with Gasteiger partial charge in [-0.3, -0.25) is 4.79 Å². The predicted molar refractivity (Wildman–Crippen MR) is 164 cm³/mol. The molecule has 3 aromatic rings. The monoisotopic (exact) mass is 650 g/mol. The number of thiophene rings is 1. The van der Waals surface area contributed by atoms with Crippen molar-refractivity contribution >= 4 is 86.4 Å². The Morgan fingerprint density at radius 3 is 2.57 bits per heavy atom. The number of aromatic nitrogens is 2. The van der Waals surface area contributed by atoms with Crippen LogP contribution in [0.1, 0.15) is 36.5 Å². The molecule has 2 fully saturated rings. The molecule has 0 atom stereocenters. The summed E-state index contributed by atoms with van der Waals surface area (Å²) in [6.07, 6.45) is 5.02. The van der Waals surface area contributed by atoms with E-state index < -0.39 is 0 Å². The molecule has 0 bridgehead atoms. The Morgan fingerprint density at radius 2 is 1.86 bits per heavy atom. The van der Waals surface area contributed by atoms with Gasteiger partial charge < -0.3 is 20.4 Å². The molecule has 1 amide bonds. The highest BCUT2D eigenvalue weighted by molar-refractivity contribution is 9.10. The van der Waals surface area contributed by atoms with Crippen LogP contribution in [0, 0.1) is 0 Å². The van der Waals surface area contributed by atoms with Crippen LogP contribution in [0.4, 0.5) is 5.95 Å². The summed E-state index contributed by atoms with van der Waals surface area (Å²) in [4.78, 5) is 28.0. The number of benzene rings is 1. The number of piperazine rings is 1. The lowest BCUT2D eigenvalue weighted by Gasteiger charge is -2.33. The van der Waals surface area contributed by atoms with Gasteiger partial charge in [-0.15, -0.1) is 48.6 Å². The normalized spacial score (nSPS) is 15.8. The third kappa shape index (κ3) is 8.14. The van der Waals surface area contributed by atoms with Crippen molar-refractivity contribution < 1.29 is 4.79 Å². The van der Waals surface area contributed by atoms with E-state index in [0.29, 0.717) is 12.0 Å². The van der Waals surface area contributed by atoms with Gasteiger partial charge in [0, 0.05) is 60.6 Å². The first-order valence-corrected chi connectivity index (χ1v) is 13.8. The molecule has 2 aliphatic rings. The second kappa shape index (κ2) is 14.8. The molecule has 1 saturated heterocycles. The highest BCUT2D eigenvalue weighted by Gasteiger charge is 2.25. The lowest BCUT2D eigenvalue weighted by Crippen LogP contribution is -2.46. The van der Waals surface area contributed by atoms with Crippen molar-refractivity contribution in [2.24, 2.45) is 0 Å². The molecule has 1 aromatic carbocycles. The maximum atomic E-state index is 12.7. The van der Waals surface area contributed by atoms with Gasteiger partial charge in [-0.05, 0) is 66.5 Å². The minimum Gasteiger partial charge on any atom is -0.354 e. The standard InChI is InChI=1S/C25H31BrN6OS.3ClH/c1-2-31-11-13-32(14-12-31)10-4-9-27-25-28-16-20(26)23(30-25)22-15-19-18(5-3-6-21(19)34-22)24(33)29-17-7-8-17;;;/h3,5-6,15-17H,2,4,7-14H2,1H3,(H,29,33)(H,27,28,30);3*1H. The number of rotatable bonds is 9. The smallest absolute Gasteiger partial charge is 0.252 e. The van der Waals surface area contributed by atoms with Crippen molar-refractivity contribution in [3.63, 3.8) is 0 Å². The fourth-order valence-corrected chi connectivity index (χ4v) is 5.95. The average Bonchev–Trinajstić information content (AvgIpc) is 3.56. The number of carbonyl (C=O) groups is 1. The molecule has 12 heteroatoms. The van der Waals surface area contributed by atoms with Gasteiger partial charge in [-0.2, -0.15) is 0 Å². The zero-order chi connectivity index (χ0) is 23.5. The van der Waals surface area contributed by atoms with E-state index in [0.717, 1.165) is 82.7 Å². The first kappa shape index (κ1) is 32.0. The summed E-state index contributed by atoms with van der Waals surface area (Å²) in [7, 11) is 0. The van der Waals surface area contributed by atoms with Crippen LogP contribution >= 0.6 is 64.5 Å². The molecule has 2 aromatic heterocycles. The highest BCUT2D eigenvalue weighted by atomic mass is 79.9. The van der Waals surface area contributed by atoms with Gasteiger partial charge in [0.05, 0.1) is 9.35 Å². The Hall–Kier alpha value is -1.20. The second-order valence-electron chi connectivity index (χ2n) is 9.02. The molecule has 0 radical (unpaired) electrons. The lowest BCUT2D eigenvalue weighted by molar-refractivity contribution is 0.0952. The summed E-state index contributed by atoms with van der Waals surface area (Å²) in [5.41, 5.74) is 1.58. The summed E-state index contributed by atoms with van der Waals surface area (Å²) >= 11 is 5.27. The maximum Gasteiger partial charge on any atom is 0.252 e. The first-order chi connectivity index (χ1) is 16.6. The Morgan fingerprint density at radius 1 is 1.14 bits per heavy atom. The fourth-order valence-electron chi connectivity index (χ4n) is 4.32. The Kier molecular flexibility index (Phi) is 12.8. The molecular formula is C25H34BrCl3N6OS. The van der Waals surface area contributed by atoms with E-state index in [9.17, 15) is 4.79 Å². The Bertz CT molecular complexity index is 1170. The van der Waals surface area contributed by atoms with Crippen LogP contribution in [0.15, 0.2) is 34.9 Å². The van der Waals surface area contributed by atoms with Crippen molar-refractivity contribution in [3.05, 3.63) is 40.5 Å². The van der Waals surface area contributed by atoms with Crippen LogP contribution in [-0.4, -0.2) is 77.5 Å². The lowest BCUT2D eigenvalue weighted by atomic mass is 10.1. The van der Waals surface area contributed by atoms with E-state index in [1.165, 1.54) is 13.1 Å². The number of hydrogen-bond acceptors (Lipinski definition) is 7. The molecule has 1 aliphatic heterocycles. The molecule has 7 nitrogen and oxygen atoms in total. The number of halogens is 4. The first-order valence-electron chi connectivity index (χ1n) is 12.2. The van der Waals surface area contributed by atoms with Crippen LogP contribution in [0.25, 0.3) is 20.7 Å². The molecule has 0 unspecified atom stereocenters. The number of carbonyl (C=O) groups excluding carboxylic acids is 1. The van der Waals surface area contributed by atoms with Crippen LogP contribution in [0.5, 0.6) is 0 Å². The van der Waals surface area contributed by atoms with Crippen LogP contribution in [-0.2, 0) is 0 Å². The van der Waals surface area contributed by atoms with Crippen LogP contribution in [0.2, 0.25) is 0 Å². The topological polar surface area (TPSA) is 73.4 Å². The van der Waals surface area contributed by atoms with Gasteiger partial charge in [0.15, 0.2) is 0 Å². The molecule has 5 rings (SSSR count). The van der Waals surface area contributed by atoms with E-state index in [4.69, 9.17) is 4.98 Å². The summed E-state index contributed by atoms with van der Waals surface area (Å²) in [5.74, 6) is 0.649. The largest absolute Gasteiger partial charge is 0.354 e. The van der Waals surface area contributed by atoms with Gasteiger partial charge in [-0.1, -0.05) is 13.0 Å². The van der Waals surface area contributed by atoms with Crippen LogP contribution in [0.3, 0.4) is 0 Å².